The first-order chi connectivity index (χ1) is 13.1. The molecule has 7 heteroatoms. The number of imidazole rings is 1. The molecule has 1 amide bonds. The van der Waals surface area contributed by atoms with E-state index in [9.17, 15) is 4.79 Å². The molecule has 0 saturated carbocycles. The van der Waals surface area contributed by atoms with E-state index >= 15 is 0 Å². The summed E-state index contributed by atoms with van der Waals surface area (Å²) in [7, 11) is 3.53. The van der Waals surface area contributed by atoms with Gasteiger partial charge in [0.1, 0.15) is 0 Å². The van der Waals surface area contributed by atoms with Gasteiger partial charge in [0.25, 0.3) is 5.91 Å². The van der Waals surface area contributed by atoms with Crippen LogP contribution in [0.4, 0.5) is 5.69 Å². The number of nitrogens with zero attached hydrogens (tertiary/aromatic N) is 2. The van der Waals surface area contributed by atoms with Gasteiger partial charge in [0.15, 0.2) is 16.7 Å². The first-order valence-electron chi connectivity index (χ1n) is 8.48. The van der Waals surface area contributed by atoms with E-state index in [1.54, 1.807) is 43.3 Å². The molecule has 6 nitrogen and oxygen atoms in total. The zero-order valence-corrected chi connectivity index (χ0v) is 16.2. The van der Waals surface area contributed by atoms with Crippen LogP contribution in [0.5, 0.6) is 11.5 Å². The van der Waals surface area contributed by atoms with Crippen molar-refractivity contribution in [2.45, 2.75) is 17.0 Å². The second kappa shape index (κ2) is 8.64. The van der Waals surface area contributed by atoms with Gasteiger partial charge >= 0.3 is 0 Å². The molecule has 0 spiro atoms. The normalized spacial score (nSPS) is 10.5. The second-order valence-corrected chi connectivity index (χ2v) is 6.74. The second-order valence-electron chi connectivity index (χ2n) is 5.70. The number of hydrogen-bond donors (Lipinski definition) is 1. The van der Waals surface area contributed by atoms with Gasteiger partial charge in [-0.1, -0.05) is 11.8 Å². The van der Waals surface area contributed by atoms with Gasteiger partial charge in [-0.05, 0) is 49.4 Å². The van der Waals surface area contributed by atoms with E-state index < -0.39 is 0 Å². The molecule has 0 unspecified atom stereocenters. The SMILES string of the molecule is CCOc1cc(C(=O)Nc2ccc(Sc3nccn3C)cc2)ccc1OC. The van der Waals surface area contributed by atoms with Crippen LogP contribution in [0.15, 0.2) is 64.9 Å². The Kier molecular flexibility index (Phi) is 6.03. The molecule has 0 atom stereocenters. The van der Waals surface area contributed by atoms with Crippen LogP contribution < -0.4 is 14.8 Å². The van der Waals surface area contributed by atoms with Crippen LogP contribution in [0.1, 0.15) is 17.3 Å². The van der Waals surface area contributed by atoms with Gasteiger partial charge in [0.2, 0.25) is 0 Å². The lowest BCUT2D eigenvalue weighted by molar-refractivity contribution is 0.102. The predicted molar refractivity (Wildman–Crippen MR) is 106 cm³/mol. The summed E-state index contributed by atoms with van der Waals surface area (Å²) in [4.78, 5) is 17.9. The maximum Gasteiger partial charge on any atom is 0.255 e. The van der Waals surface area contributed by atoms with E-state index in [-0.39, 0.29) is 5.91 Å². The van der Waals surface area contributed by atoms with E-state index in [0.717, 1.165) is 15.7 Å². The third-order valence-electron chi connectivity index (χ3n) is 3.82. The highest BCUT2D eigenvalue weighted by Gasteiger charge is 2.12. The minimum absolute atomic E-state index is 0.205. The monoisotopic (exact) mass is 383 g/mol. The molecule has 0 fully saturated rings. The molecule has 0 bridgehead atoms. The lowest BCUT2D eigenvalue weighted by atomic mass is 10.2. The van der Waals surface area contributed by atoms with Crippen LogP contribution >= 0.6 is 11.8 Å². The molecule has 0 radical (unpaired) electrons. The average Bonchev–Trinajstić information content (AvgIpc) is 3.08. The van der Waals surface area contributed by atoms with Crippen molar-refractivity contribution in [3.05, 3.63) is 60.4 Å². The predicted octanol–water partition coefficient (Wildman–Crippen LogP) is 4.23. The number of nitrogens with one attached hydrogen (secondary N) is 1. The number of benzene rings is 2. The molecular weight excluding hydrogens is 362 g/mol. The molecular formula is C20H21N3O3S. The minimum Gasteiger partial charge on any atom is -0.493 e. The summed E-state index contributed by atoms with van der Waals surface area (Å²) in [6.07, 6.45) is 3.67. The highest BCUT2D eigenvalue weighted by molar-refractivity contribution is 7.99. The average molecular weight is 383 g/mol. The summed E-state index contributed by atoms with van der Waals surface area (Å²) in [5, 5.41) is 3.81. The number of anilines is 1. The summed E-state index contributed by atoms with van der Waals surface area (Å²) < 4.78 is 12.7. The third kappa shape index (κ3) is 4.62. The fraction of sp³-hybridized carbons (Fsp3) is 0.200. The number of carbonyl (C=O) groups is 1. The van der Waals surface area contributed by atoms with Gasteiger partial charge in [-0.15, -0.1) is 0 Å². The topological polar surface area (TPSA) is 65.4 Å². The Balaban J connectivity index is 1.69. The molecule has 140 valence electrons. The van der Waals surface area contributed by atoms with Crippen molar-refractivity contribution in [3.63, 3.8) is 0 Å². The maximum absolute atomic E-state index is 12.5. The van der Waals surface area contributed by atoms with Gasteiger partial charge in [-0.3, -0.25) is 4.79 Å². The Morgan fingerprint density at radius 2 is 1.96 bits per heavy atom. The zero-order chi connectivity index (χ0) is 19.2. The van der Waals surface area contributed by atoms with Crippen LogP contribution in [0.2, 0.25) is 0 Å². The number of methoxy groups -OCH3 is 1. The molecule has 1 heterocycles. The van der Waals surface area contributed by atoms with E-state index in [0.29, 0.717) is 23.7 Å². The van der Waals surface area contributed by atoms with Crippen LogP contribution in [0, 0.1) is 0 Å². The van der Waals surface area contributed by atoms with E-state index in [4.69, 9.17) is 9.47 Å². The van der Waals surface area contributed by atoms with Crippen LogP contribution in [-0.2, 0) is 7.05 Å². The Morgan fingerprint density at radius 3 is 2.59 bits per heavy atom. The lowest BCUT2D eigenvalue weighted by Crippen LogP contribution is -2.12. The quantitative estimate of drug-likeness (QED) is 0.661. The molecule has 3 rings (SSSR count). The Hall–Kier alpha value is -2.93. The van der Waals surface area contributed by atoms with Crippen molar-refractivity contribution in [2.24, 2.45) is 7.05 Å². The molecule has 3 aromatic rings. The fourth-order valence-electron chi connectivity index (χ4n) is 2.45. The summed E-state index contributed by atoms with van der Waals surface area (Å²) >= 11 is 1.57. The maximum atomic E-state index is 12.5. The summed E-state index contributed by atoms with van der Waals surface area (Å²) in [6, 6.07) is 12.8. The highest BCUT2D eigenvalue weighted by Crippen LogP contribution is 2.29. The number of aromatic nitrogens is 2. The molecule has 0 aliphatic carbocycles. The summed E-state index contributed by atoms with van der Waals surface area (Å²) in [5.74, 6) is 0.946. The Labute approximate surface area is 162 Å². The minimum atomic E-state index is -0.205. The number of ether oxygens (including phenoxy) is 2. The van der Waals surface area contributed by atoms with Gasteiger partial charge in [-0.25, -0.2) is 4.98 Å². The highest BCUT2D eigenvalue weighted by atomic mass is 32.2. The molecule has 1 aromatic heterocycles. The smallest absolute Gasteiger partial charge is 0.255 e. The van der Waals surface area contributed by atoms with Crippen molar-refractivity contribution in [1.82, 2.24) is 9.55 Å². The van der Waals surface area contributed by atoms with Crippen molar-refractivity contribution in [3.8, 4) is 11.5 Å². The standard InChI is InChI=1S/C20H21N3O3S/c1-4-26-18-13-14(5-10-17(18)25-3)19(24)22-15-6-8-16(9-7-15)27-20-21-11-12-23(20)2/h5-13H,4H2,1-3H3,(H,22,24). The molecule has 1 N–H and O–H groups in total. The van der Waals surface area contributed by atoms with Gasteiger partial charge in [-0.2, -0.15) is 0 Å². The zero-order valence-electron chi connectivity index (χ0n) is 15.4. The Morgan fingerprint density at radius 1 is 1.19 bits per heavy atom. The number of rotatable bonds is 7. The van der Waals surface area contributed by atoms with Crippen LogP contribution in [0.25, 0.3) is 0 Å². The van der Waals surface area contributed by atoms with Crippen molar-refractivity contribution < 1.29 is 14.3 Å². The molecule has 0 aliphatic rings. The molecule has 0 aliphatic heterocycles. The fourth-order valence-corrected chi connectivity index (χ4v) is 3.25. The van der Waals surface area contributed by atoms with E-state index in [1.165, 1.54) is 0 Å². The van der Waals surface area contributed by atoms with Crippen molar-refractivity contribution in [1.29, 1.82) is 0 Å². The number of hydrogen-bond acceptors (Lipinski definition) is 5. The van der Waals surface area contributed by atoms with Crippen molar-refractivity contribution >= 4 is 23.4 Å². The lowest BCUT2D eigenvalue weighted by Gasteiger charge is -2.11. The molecule has 27 heavy (non-hydrogen) atoms. The van der Waals surface area contributed by atoms with Gasteiger partial charge < -0.3 is 19.4 Å². The Bertz CT molecular complexity index is 922. The largest absolute Gasteiger partial charge is 0.493 e. The molecule has 0 saturated heterocycles. The van der Waals surface area contributed by atoms with Crippen LogP contribution in [-0.4, -0.2) is 29.2 Å². The number of carbonyl (C=O) groups excluding carboxylic acids is 1. The van der Waals surface area contributed by atoms with Gasteiger partial charge in [0, 0.05) is 35.6 Å². The van der Waals surface area contributed by atoms with E-state index in [2.05, 4.69) is 10.3 Å². The first kappa shape index (κ1) is 18.8. The first-order valence-corrected chi connectivity index (χ1v) is 9.29. The summed E-state index contributed by atoms with van der Waals surface area (Å²) in [5.41, 5.74) is 1.23. The summed E-state index contributed by atoms with van der Waals surface area (Å²) in [6.45, 7) is 2.38. The molecule has 2 aromatic carbocycles. The number of amides is 1. The van der Waals surface area contributed by atoms with Crippen LogP contribution in [0.3, 0.4) is 0 Å². The number of aryl methyl sites for hydroxylation is 1. The van der Waals surface area contributed by atoms with Crippen molar-refractivity contribution in [2.75, 3.05) is 19.0 Å². The van der Waals surface area contributed by atoms with E-state index in [1.807, 2.05) is 49.0 Å². The third-order valence-corrected chi connectivity index (χ3v) is 4.91. The van der Waals surface area contributed by atoms with Gasteiger partial charge in [0.05, 0.1) is 13.7 Å².